The van der Waals surface area contributed by atoms with Crippen LogP contribution < -0.4 is 0 Å². The third-order valence-electron chi connectivity index (χ3n) is 2.59. The number of hydrogen-bond donors (Lipinski definition) is 0. The Bertz CT molecular complexity index is 190. The fourth-order valence-corrected chi connectivity index (χ4v) is 2.03. The van der Waals surface area contributed by atoms with Crippen LogP contribution in [0, 0.1) is 5.92 Å². The fraction of sp³-hybridized carbons (Fsp3) is 0.700. The first kappa shape index (κ1) is 9.79. The lowest BCUT2D eigenvalue weighted by atomic mass is 9.84. The van der Waals surface area contributed by atoms with Gasteiger partial charge in [-0.3, -0.25) is 4.79 Å². The lowest BCUT2D eigenvalue weighted by Crippen LogP contribution is -2.07. The summed E-state index contributed by atoms with van der Waals surface area (Å²) in [6.07, 6.45) is 7.97. The summed E-state index contributed by atoms with van der Waals surface area (Å²) in [4.78, 5) is 10.6. The van der Waals surface area contributed by atoms with Crippen molar-refractivity contribution in [2.75, 3.05) is 0 Å². The molecule has 1 rings (SSSR count). The summed E-state index contributed by atoms with van der Waals surface area (Å²) < 4.78 is 0. The van der Waals surface area contributed by atoms with Crippen molar-refractivity contribution in [2.24, 2.45) is 5.92 Å². The molecule has 0 unspecified atom stereocenters. The van der Waals surface area contributed by atoms with Gasteiger partial charge in [-0.15, -0.1) is 0 Å². The van der Waals surface area contributed by atoms with Crippen molar-refractivity contribution >= 4 is 16.8 Å². The second-order valence-electron chi connectivity index (χ2n) is 3.53. The molecule has 0 aromatic rings. The highest BCUT2D eigenvalue weighted by atomic mass is 35.5. The van der Waals surface area contributed by atoms with Gasteiger partial charge in [0.05, 0.1) is 0 Å². The number of halogens is 1. The quantitative estimate of drug-likeness (QED) is 0.478. The maximum absolute atomic E-state index is 10.6. The Balaban J connectivity index is 2.49. The second-order valence-corrected chi connectivity index (χ2v) is 3.90. The third kappa shape index (κ3) is 2.98. The highest BCUT2D eigenvalue weighted by Crippen LogP contribution is 2.29. The molecule has 1 aliphatic carbocycles. The van der Waals surface area contributed by atoms with Crippen LogP contribution in [-0.4, -0.2) is 5.24 Å². The van der Waals surface area contributed by atoms with E-state index in [-0.39, 0.29) is 5.24 Å². The van der Waals surface area contributed by atoms with Crippen LogP contribution in [0.5, 0.6) is 0 Å². The van der Waals surface area contributed by atoms with Gasteiger partial charge in [0.2, 0.25) is 5.24 Å². The lowest BCUT2D eigenvalue weighted by molar-refractivity contribution is -0.107. The molecule has 1 nitrogen and oxygen atoms in total. The molecule has 0 amide bonds. The van der Waals surface area contributed by atoms with E-state index in [1.807, 2.05) is 6.92 Å². The third-order valence-corrected chi connectivity index (χ3v) is 2.70. The molecule has 0 spiro atoms. The Morgan fingerprint density at radius 1 is 1.33 bits per heavy atom. The van der Waals surface area contributed by atoms with Crippen LogP contribution >= 0.6 is 11.6 Å². The standard InChI is InChI=1S/C10H15ClO/c1-8(7-10(11)12)9-5-3-2-4-6-9/h7,9H,2-6H2,1H3. The summed E-state index contributed by atoms with van der Waals surface area (Å²) >= 11 is 5.28. The van der Waals surface area contributed by atoms with Gasteiger partial charge in [0, 0.05) is 0 Å². The van der Waals surface area contributed by atoms with Gasteiger partial charge in [0.25, 0.3) is 0 Å². The van der Waals surface area contributed by atoms with Crippen molar-refractivity contribution < 1.29 is 4.79 Å². The summed E-state index contributed by atoms with van der Waals surface area (Å²) in [6, 6.07) is 0. The summed E-state index contributed by atoms with van der Waals surface area (Å²) in [5, 5.41) is -0.335. The summed E-state index contributed by atoms with van der Waals surface area (Å²) in [6.45, 7) is 2.01. The van der Waals surface area contributed by atoms with Crippen LogP contribution in [0.15, 0.2) is 11.6 Å². The Morgan fingerprint density at radius 2 is 1.92 bits per heavy atom. The van der Waals surface area contributed by atoms with Crippen LogP contribution in [0.4, 0.5) is 0 Å². The lowest BCUT2D eigenvalue weighted by Gasteiger charge is -2.21. The van der Waals surface area contributed by atoms with Gasteiger partial charge in [-0.05, 0) is 43.4 Å². The van der Waals surface area contributed by atoms with Gasteiger partial charge in [-0.1, -0.05) is 24.8 Å². The Kier molecular flexibility index (Phi) is 3.80. The summed E-state index contributed by atoms with van der Waals surface area (Å²) in [5.41, 5.74) is 1.16. The fourth-order valence-electron chi connectivity index (χ4n) is 1.85. The molecular weight excluding hydrogens is 172 g/mol. The van der Waals surface area contributed by atoms with E-state index in [1.54, 1.807) is 6.08 Å². The SMILES string of the molecule is CC(=CC(=O)Cl)C1CCCCC1. The molecule has 0 aliphatic heterocycles. The van der Waals surface area contributed by atoms with E-state index in [1.165, 1.54) is 32.1 Å². The molecule has 2 heteroatoms. The predicted molar refractivity (Wildman–Crippen MR) is 51.2 cm³/mol. The van der Waals surface area contributed by atoms with Crippen molar-refractivity contribution in [1.29, 1.82) is 0 Å². The van der Waals surface area contributed by atoms with E-state index in [0.717, 1.165) is 5.57 Å². The highest BCUT2D eigenvalue weighted by Gasteiger charge is 2.14. The smallest absolute Gasteiger partial charge is 0.245 e. The van der Waals surface area contributed by atoms with Gasteiger partial charge < -0.3 is 0 Å². The molecule has 1 fully saturated rings. The molecule has 0 saturated heterocycles. The van der Waals surface area contributed by atoms with Crippen LogP contribution in [-0.2, 0) is 4.79 Å². The maximum atomic E-state index is 10.6. The van der Waals surface area contributed by atoms with Gasteiger partial charge in [-0.2, -0.15) is 0 Å². The number of carbonyl (C=O) groups excluding carboxylic acids is 1. The van der Waals surface area contributed by atoms with Crippen molar-refractivity contribution in [1.82, 2.24) is 0 Å². The average molecular weight is 187 g/mol. The zero-order valence-corrected chi connectivity index (χ0v) is 8.23. The molecule has 1 aliphatic rings. The van der Waals surface area contributed by atoms with Crippen LogP contribution in [0.25, 0.3) is 0 Å². The first-order valence-electron chi connectivity index (χ1n) is 4.58. The van der Waals surface area contributed by atoms with Crippen molar-refractivity contribution in [3.8, 4) is 0 Å². The van der Waals surface area contributed by atoms with Crippen LogP contribution in [0.1, 0.15) is 39.0 Å². The second kappa shape index (κ2) is 4.66. The number of allylic oxidation sites excluding steroid dienone is 2. The van der Waals surface area contributed by atoms with Crippen molar-refractivity contribution in [2.45, 2.75) is 39.0 Å². The van der Waals surface area contributed by atoms with Gasteiger partial charge in [0.15, 0.2) is 0 Å². The van der Waals surface area contributed by atoms with E-state index in [4.69, 9.17) is 11.6 Å². The molecule has 12 heavy (non-hydrogen) atoms. The van der Waals surface area contributed by atoms with Crippen molar-refractivity contribution in [3.63, 3.8) is 0 Å². The molecule has 0 bridgehead atoms. The first-order valence-corrected chi connectivity index (χ1v) is 4.95. The van der Waals surface area contributed by atoms with E-state index >= 15 is 0 Å². The Labute approximate surface area is 78.8 Å². The topological polar surface area (TPSA) is 17.1 Å². The highest BCUT2D eigenvalue weighted by molar-refractivity contribution is 6.66. The molecular formula is C10H15ClO. The molecule has 0 heterocycles. The molecule has 0 N–H and O–H groups in total. The minimum absolute atomic E-state index is 0.335. The molecule has 0 aromatic carbocycles. The first-order chi connectivity index (χ1) is 5.70. The molecule has 68 valence electrons. The Morgan fingerprint density at radius 3 is 2.42 bits per heavy atom. The van der Waals surface area contributed by atoms with Gasteiger partial charge in [0.1, 0.15) is 0 Å². The molecule has 0 aromatic heterocycles. The van der Waals surface area contributed by atoms with Gasteiger partial charge >= 0.3 is 0 Å². The normalized spacial score (nSPS) is 21.0. The summed E-state index contributed by atoms with van der Waals surface area (Å²) in [7, 11) is 0. The Hall–Kier alpha value is -0.300. The van der Waals surface area contributed by atoms with Crippen LogP contribution in [0.2, 0.25) is 0 Å². The number of carbonyl (C=O) groups is 1. The number of rotatable bonds is 2. The largest absolute Gasteiger partial charge is 0.276 e. The summed E-state index contributed by atoms with van der Waals surface area (Å²) in [5.74, 6) is 0.612. The minimum Gasteiger partial charge on any atom is -0.276 e. The predicted octanol–water partition coefficient (Wildman–Crippen LogP) is 3.28. The zero-order chi connectivity index (χ0) is 8.97. The number of hydrogen-bond acceptors (Lipinski definition) is 1. The monoisotopic (exact) mass is 186 g/mol. The minimum atomic E-state index is -0.335. The van der Waals surface area contributed by atoms with E-state index in [0.29, 0.717) is 5.92 Å². The van der Waals surface area contributed by atoms with E-state index in [2.05, 4.69) is 0 Å². The molecule has 0 radical (unpaired) electrons. The van der Waals surface area contributed by atoms with E-state index < -0.39 is 0 Å². The average Bonchev–Trinajstić information content (AvgIpc) is 2.05. The maximum Gasteiger partial charge on any atom is 0.245 e. The molecule has 0 atom stereocenters. The van der Waals surface area contributed by atoms with E-state index in [9.17, 15) is 4.79 Å². The van der Waals surface area contributed by atoms with Crippen LogP contribution in [0.3, 0.4) is 0 Å². The molecule has 1 saturated carbocycles. The van der Waals surface area contributed by atoms with Crippen molar-refractivity contribution in [3.05, 3.63) is 11.6 Å². The van der Waals surface area contributed by atoms with Gasteiger partial charge in [-0.25, -0.2) is 0 Å². The zero-order valence-electron chi connectivity index (χ0n) is 7.48.